The largest absolute Gasteiger partial charge is 0.465 e. The predicted molar refractivity (Wildman–Crippen MR) is 102 cm³/mol. The van der Waals surface area contributed by atoms with E-state index in [1.807, 2.05) is 0 Å². The number of carbonyl (C=O) groups is 1. The van der Waals surface area contributed by atoms with Gasteiger partial charge in [0, 0.05) is 23.2 Å². The number of hydrogen-bond donors (Lipinski definition) is 1. The van der Waals surface area contributed by atoms with Crippen molar-refractivity contribution in [3.05, 3.63) is 53.3 Å². The van der Waals surface area contributed by atoms with Crippen LogP contribution in [0.25, 0.3) is 11.1 Å². The average Bonchev–Trinajstić information content (AvgIpc) is 3.01. The molecule has 2 aromatic rings. The minimum absolute atomic E-state index is 0.372. The Morgan fingerprint density at radius 1 is 1.35 bits per heavy atom. The zero-order valence-corrected chi connectivity index (χ0v) is 15.4. The molecule has 0 bridgehead atoms. The van der Waals surface area contributed by atoms with Crippen LogP contribution in [0.2, 0.25) is 5.02 Å². The second kappa shape index (κ2) is 8.06. The number of rotatable bonds is 5. The van der Waals surface area contributed by atoms with Gasteiger partial charge in [-0.05, 0) is 68.8 Å². The summed E-state index contributed by atoms with van der Waals surface area (Å²) >= 11 is 6.12. The van der Waals surface area contributed by atoms with Crippen LogP contribution in [0.1, 0.15) is 19.3 Å². The summed E-state index contributed by atoms with van der Waals surface area (Å²) < 4.78 is 13.7. The smallest absolute Gasteiger partial charge is 0.411 e. The van der Waals surface area contributed by atoms with Gasteiger partial charge in [-0.1, -0.05) is 23.7 Å². The SMILES string of the molecule is CN1CCCC1CCN(C(=O)O)c1ccc(Cl)cc1-c1cccc(F)c1. The normalized spacial score (nSPS) is 17.4. The van der Waals surface area contributed by atoms with Crippen molar-refractivity contribution >= 4 is 23.4 Å². The van der Waals surface area contributed by atoms with Crippen molar-refractivity contribution in [3.63, 3.8) is 0 Å². The molecule has 1 unspecified atom stereocenters. The van der Waals surface area contributed by atoms with E-state index in [1.165, 1.54) is 17.0 Å². The summed E-state index contributed by atoms with van der Waals surface area (Å²) in [6.45, 7) is 1.43. The molecule has 3 rings (SSSR count). The molecule has 26 heavy (non-hydrogen) atoms. The van der Waals surface area contributed by atoms with E-state index in [0.717, 1.165) is 25.8 Å². The van der Waals surface area contributed by atoms with Gasteiger partial charge in [0.25, 0.3) is 0 Å². The fourth-order valence-electron chi connectivity index (χ4n) is 3.57. The summed E-state index contributed by atoms with van der Waals surface area (Å²) in [4.78, 5) is 15.5. The molecule has 1 heterocycles. The van der Waals surface area contributed by atoms with Crippen molar-refractivity contribution in [2.24, 2.45) is 0 Å². The highest BCUT2D eigenvalue weighted by Crippen LogP contribution is 2.34. The average molecular weight is 377 g/mol. The van der Waals surface area contributed by atoms with Crippen molar-refractivity contribution in [1.82, 2.24) is 4.90 Å². The van der Waals surface area contributed by atoms with E-state index in [-0.39, 0.29) is 5.82 Å². The lowest BCUT2D eigenvalue weighted by molar-refractivity contribution is 0.200. The molecule has 0 radical (unpaired) electrons. The quantitative estimate of drug-likeness (QED) is 0.788. The summed E-state index contributed by atoms with van der Waals surface area (Å²) in [7, 11) is 2.07. The van der Waals surface area contributed by atoms with Gasteiger partial charge in [0.15, 0.2) is 0 Å². The van der Waals surface area contributed by atoms with E-state index in [9.17, 15) is 14.3 Å². The van der Waals surface area contributed by atoms with E-state index in [2.05, 4.69) is 11.9 Å². The van der Waals surface area contributed by atoms with Crippen LogP contribution in [0.3, 0.4) is 0 Å². The molecule has 1 fully saturated rings. The number of likely N-dealkylation sites (tertiary alicyclic amines) is 1. The van der Waals surface area contributed by atoms with Crippen LogP contribution in [0.4, 0.5) is 14.9 Å². The third kappa shape index (κ3) is 4.17. The molecule has 1 atom stereocenters. The number of benzene rings is 2. The molecule has 1 N–H and O–H groups in total. The topological polar surface area (TPSA) is 43.8 Å². The Labute approximate surface area is 157 Å². The Bertz CT molecular complexity index is 799. The van der Waals surface area contributed by atoms with Gasteiger partial charge >= 0.3 is 6.09 Å². The monoisotopic (exact) mass is 376 g/mol. The van der Waals surface area contributed by atoms with Crippen molar-refractivity contribution in [1.29, 1.82) is 0 Å². The third-order valence-corrected chi connectivity index (χ3v) is 5.21. The van der Waals surface area contributed by atoms with Crippen LogP contribution in [-0.4, -0.2) is 42.3 Å². The lowest BCUT2D eigenvalue weighted by Crippen LogP contribution is -2.35. The third-order valence-electron chi connectivity index (χ3n) is 4.97. The standard InChI is InChI=1S/C20H22ClFN2O2/c1-23-10-3-6-17(23)9-11-24(20(25)26)19-8-7-15(21)13-18(19)14-4-2-5-16(22)12-14/h2,4-5,7-8,12-13,17H,3,6,9-11H2,1H3,(H,25,26). The maximum absolute atomic E-state index is 13.7. The van der Waals surface area contributed by atoms with Crippen LogP contribution in [0.5, 0.6) is 0 Å². The fraction of sp³-hybridized carbons (Fsp3) is 0.350. The Morgan fingerprint density at radius 3 is 2.81 bits per heavy atom. The summed E-state index contributed by atoms with van der Waals surface area (Å²) in [5.41, 5.74) is 1.74. The number of nitrogens with zero attached hydrogens (tertiary/aromatic N) is 2. The van der Waals surface area contributed by atoms with Crippen molar-refractivity contribution in [2.45, 2.75) is 25.3 Å². The van der Waals surface area contributed by atoms with Gasteiger partial charge in [0.05, 0.1) is 5.69 Å². The molecule has 138 valence electrons. The molecular weight excluding hydrogens is 355 g/mol. The molecule has 6 heteroatoms. The van der Waals surface area contributed by atoms with Gasteiger partial charge in [-0.15, -0.1) is 0 Å². The maximum Gasteiger partial charge on any atom is 0.411 e. The van der Waals surface area contributed by atoms with Crippen LogP contribution in [-0.2, 0) is 0 Å². The Hall–Kier alpha value is -2.11. The highest BCUT2D eigenvalue weighted by atomic mass is 35.5. The zero-order chi connectivity index (χ0) is 18.7. The van der Waals surface area contributed by atoms with E-state index in [1.54, 1.807) is 30.3 Å². The number of carboxylic acid groups (broad SMARTS) is 1. The summed E-state index contributed by atoms with van der Waals surface area (Å²) in [6.07, 6.45) is 1.96. The van der Waals surface area contributed by atoms with E-state index >= 15 is 0 Å². The molecule has 1 aliphatic heterocycles. The number of amides is 1. The predicted octanol–water partition coefficient (Wildman–Crippen LogP) is 5.11. The lowest BCUT2D eigenvalue weighted by atomic mass is 10.0. The van der Waals surface area contributed by atoms with Gasteiger partial charge in [0.2, 0.25) is 0 Å². The summed E-state index contributed by atoms with van der Waals surface area (Å²) in [5.74, 6) is -0.372. The molecule has 4 nitrogen and oxygen atoms in total. The summed E-state index contributed by atoms with van der Waals surface area (Å²) in [5, 5.41) is 10.2. The minimum Gasteiger partial charge on any atom is -0.465 e. The van der Waals surface area contributed by atoms with Crippen LogP contribution in [0.15, 0.2) is 42.5 Å². The molecule has 1 aliphatic rings. The lowest BCUT2D eigenvalue weighted by Gasteiger charge is -2.26. The molecule has 0 spiro atoms. The Morgan fingerprint density at radius 2 is 2.15 bits per heavy atom. The van der Waals surface area contributed by atoms with Gasteiger partial charge < -0.3 is 10.0 Å². The number of hydrogen-bond acceptors (Lipinski definition) is 2. The van der Waals surface area contributed by atoms with Gasteiger partial charge in [0.1, 0.15) is 5.82 Å². The molecule has 1 saturated heterocycles. The molecular formula is C20H22ClFN2O2. The van der Waals surface area contributed by atoms with Crippen LogP contribution in [0, 0.1) is 5.82 Å². The second-order valence-electron chi connectivity index (χ2n) is 6.67. The second-order valence-corrected chi connectivity index (χ2v) is 7.11. The first-order chi connectivity index (χ1) is 12.5. The van der Waals surface area contributed by atoms with Crippen LogP contribution >= 0.6 is 11.6 Å². The highest BCUT2D eigenvalue weighted by molar-refractivity contribution is 6.31. The first kappa shape index (κ1) is 18.7. The van der Waals surface area contributed by atoms with Gasteiger partial charge in [-0.2, -0.15) is 0 Å². The van der Waals surface area contributed by atoms with Crippen LogP contribution < -0.4 is 4.90 Å². The van der Waals surface area contributed by atoms with Crippen molar-refractivity contribution in [2.75, 3.05) is 25.0 Å². The van der Waals surface area contributed by atoms with Crippen molar-refractivity contribution < 1.29 is 14.3 Å². The minimum atomic E-state index is -1.02. The number of anilines is 1. The van der Waals surface area contributed by atoms with E-state index in [4.69, 9.17) is 11.6 Å². The van der Waals surface area contributed by atoms with E-state index in [0.29, 0.717) is 34.4 Å². The zero-order valence-electron chi connectivity index (χ0n) is 14.7. The molecule has 0 aliphatic carbocycles. The first-order valence-electron chi connectivity index (χ1n) is 8.72. The molecule has 1 amide bonds. The molecule has 0 aromatic heterocycles. The van der Waals surface area contributed by atoms with Gasteiger partial charge in [-0.3, -0.25) is 4.90 Å². The molecule has 2 aromatic carbocycles. The number of halogens is 2. The summed E-state index contributed by atoms with van der Waals surface area (Å²) in [6, 6.07) is 11.5. The first-order valence-corrected chi connectivity index (χ1v) is 9.09. The highest BCUT2D eigenvalue weighted by Gasteiger charge is 2.24. The molecule has 0 saturated carbocycles. The fourth-order valence-corrected chi connectivity index (χ4v) is 3.74. The Kier molecular flexibility index (Phi) is 5.79. The van der Waals surface area contributed by atoms with E-state index < -0.39 is 6.09 Å². The Balaban J connectivity index is 1.92. The maximum atomic E-state index is 13.7. The van der Waals surface area contributed by atoms with Crippen molar-refractivity contribution in [3.8, 4) is 11.1 Å². The van der Waals surface area contributed by atoms with Gasteiger partial charge in [-0.25, -0.2) is 9.18 Å².